The van der Waals surface area contributed by atoms with Crippen LogP contribution in [0, 0.1) is 11.6 Å². The van der Waals surface area contributed by atoms with E-state index in [2.05, 4.69) is 11.3 Å². The highest BCUT2D eigenvalue weighted by molar-refractivity contribution is 5.81. The van der Waals surface area contributed by atoms with E-state index in [1.807, 2.05) is 5.32 Å². The number of hydrogen-bond acceptors (Lipinski definition) is 3. The number of amides is 1. The van der Waals surface area contributed by atoms with Crippen LogP contribution in [0.25, 0.3) is 0 Å². The molecule has 0 fully saturated rings. The number of benzene rings is 1. The number of carboxylic acids is 1. The molecule has 1 atom stereocenters. The largest absolute Gasteiger partial charge is 0.479 e. The lowest BCUT2D eigenvalue weighted by atomic mass is 10.1. The third-order valence-electron chi connectivity index (χ3n) is 2.13. The van der Waals surface area contributed by atoms with Gasteiger partial charge in [-0.1, -0.05) is 24.8 Å². The number of nitrogens with one attached hydrogen (secondary N) is 1. The second-order valence-electron chi connectivity index (χ2n) is 3.45. The fourth-order valence-electron chi connectivity index (χ4n) is 1.31. The van der Waals surface area contributed by atoms with Gasteiger partial charge in [-0.3, -0.25) is 0 Å². The van der Waals surface area contributed by atoms with Crippen LogP contribution in [0.3, 0.4) is 0 Å². The Morgan fingerprint density at radius 3 is 2.74 bits per heavy atom. The lowest BCUT2D eigenvalue weighted by Gasteiger charge is -2.15. The summed E-state index contributed by atoms with van der Waals surface area (Å²) in [4.78, 5) is 22.2. The van der Waals surface area contributed by atoms with Gasteiger partial charge in [0.05, 0.1) is 0 Å². The molecule has 1 amide bonds. The molecule has 102 valence electrons. The Morgan fingerprint density at radius 1 is 1.47 bits per heavy atom. The van der Waals surface area contributed by atoms with Crippen LogP contribution in [0.15, 0.2) is 30.9 Å². The van der Waals surface area contributed by atoms with Crippen molar-refractivity contribution in [3.63, 3.8) is 0 Å². The Hall–Kier alpha value is -2.44. The lowest BCUT2D eigenvalue weighted by Crippen LogP contribution is -2.35. The van der Waals surface area contributed by atoms with Gasteiger partial charge in [-0.25, -0.2) is 18.4 Å². The SMILES string of the molecule is C=CCOC(=O)NC(C(=O)O)c1cccc(F)c1F. The van der Waals surface area contributed by atoms with E-state index in [9.17, 15) is 18.4 Å². The zero-order valence-corrected chi connectivity index (χ0v) is 9.73. The van der Waals surface area contributed by atoms with Crippen LogP contribution in [0.4, 0.5) is 13.6 Å². The molecule has 0 aromatic heterocycles. The molecule has 0 radical (unpaired) electrons. The molecule has 7 heteroatoms. The Morgan fingerprint density at radius 2 is 2.16 bits per heavy atom. The van der Waals surface area contributed by atoms with Gasteiger partial charge >= 0.3 is 12.1 Å². The number of hydrogen-bond donors (Lipinski definition) is 2. The van der Waals surface area contributed by atoms with E-state index in [0.29, 0.717) is 0 Å². The van der Waals surface area contributed by atoms with Crippen molar-refractivity contribution >= 4 is 12.1 Å². The summed E-state index contributed by atoms with van der Waals surface area (Å²) in [6.45, 7) is 3.16. The molecule has 1 aromatic carbocycles. The molecule has 1 aromatic rings. The summed E-state index contributed by atoms with van der Waals surface area (Å²) < 4.78 is 31.0. The fourth-order valence-corrected chi connectivity index (χ4v) is 1.31. The van der Waals surface area contributed by atoms with Crippen molar-refractivity contribution in [3.8, 4) is 0 Å². The molecule has 2 N–H and O–H groups in total. The smallest absolute Gasteiger partial charge is 0.408 e. The first kappa shape index (κ1) is 14.6. The maximum absolute atomic E-state index is 13.5. The van der Waals surface area contributed by atoms with Crippen molar-refractivity contribution in [2.75, 3.05) is 6.61 Å². The highest BCUT2D eigenvalue weighted by Gasteiger charge is 2.26. The number of alkyl carbamates (subject to hydrolysis) is 1. The van der Waals surface area contributed by atoms with Gasteiger partial charge in [0, 0.05) is 5.56 Å². The molecule has 0 heterocycles. The molecule has 0 saturated heterocycles. The molecule has 0 aliphatic heterocycles. The van der Waals surface area contributed by atoms with Gasteiger partial charge in [-0.05, 0) is 6.07 Å². The normalized spacial score (nSPS) is 11.5. The quantitative estimate of drug-likeness (QED) is 0.803. The maximum Gasteiger partial charge on any atom is 0.408 e. The minimum absolute atomic E-state index is 0.135. The Bertz CT molecular complexity index is 505. The van der Waals surface area contributed by atoms with E-state index < -0.39 is 35.3 Å². The van der Waals surface area contributed by atoms with Crippen molar-refractivity contribution < 1.29 is 28.2 Å². The zero-order valence-electron chi connectivity index (χ0n) is 9.73. The molecule has 0 spiro atoms. The summed E-state index contributed by atoms with van der Waals surface area (Å²) in [5.74, 6) is -4.08. The molecule has 1 rings (SSSR count). The van der Waals surface area contributed by atoms with Gasteiger partial charge in [0.2, 0.25) is 0 Å². The number of carbonyl (C=O) groups excluding carboxylic acids is 1. The van der Waals surface area contributed by atoms with Crippen LogP contribution in [0.2, 0.25) is 0 Å². The molecular formula is C12H11F2NO4. The molecule has 0 aliphatic rings. The van der Waals surface area contributed by atoms with Gasteiger partial charge in [-0.2, -0.15) is 0 Å². The number of halogens is 2. The highest BCUT2D eigenvalue weighted by Crippen LogP contribution is 2.19. The molecule has 0 bridgehead atoms. The predicted molar refractivity (Wildman–Crippen MR) is 61.4 cm³/mol. The van der Waals surface area contributed by atoms with Crippen LogP contribution in [0.5, 0.6) is 0 Å². The minimum Gasteiger partial charge on any atom is -0.479 e. The van der Waals surface area contributed by atoms with Crippen LogP contribution in [-0.2, 0) is 9.53 Å². The van der Waals surface area contributed by atoms with Crippen molar-refractivity contribution in [2.24, 2.45) is 0 Å². The van der Waals surface area contributed by atoms with E-state index in [4.69, 9.17) is 5.11 Å². The first-order valence-electron chi connectivity index (χ1n) is 5.18. The molecule has 1 unspecified atom stereocenters. The number of ether oxygens (including phenoxy) is 1. The summed E-state index contributed by atoms with van der Waals surface area (Å²) in [5, 5.41) is 10.9. The van der Waals surface area contributed by atoms with Crippen molar-refractivity contribution in [2.45, 2.75) is 6.04 Å². The topological polar surface area (TPSA) is 75.6 Å². The summed E-state index contributed by atoms with van der Waals surface area (Å²) in [6, 6.07) is 1.30. The van der Waals surface area contributed by atoms with E-state index in [-0.39, 0.29) is 6.61 Å². The first-order chi connectivity index (χ1) is 8.97. The summed E-state index contributed by atoms with van der Waals surface area (Å²) in [7, 11) is 0. The monoisotopic (exact) mass is 271 g/mol. The third-order valence-corrected chi connectivity index (χ3v) is 2.13. The minimum atomic E-state index is -1.74. The van der Waals surface area contributed by atoms with Crippen molar-refractivity contribution in [3.05, 3.63) is 48.1 Å². The third kappa shape index (κ3) is 3.77. The molecule has 19 heavy (non-hydrogen) atoms. The standard InChI is InChI=1S/C12H11F2NO4/c1-2-6-19-12(18)15-10(11(16)17)7-4-3-5-8(13)9(7)14/h2-5,10H,1,6H2,(H,15,18)(H,16,17). The van der Waals surface area contributed by atoms with Gasteiger partial charge < -0.3 is 15.2 Å². The summed E-state index contributed by atoms with van der Waals surface area (Å²) in [6.07, 6.45) is 0.203. The number of carbonyl (C=O) groups is 2. The molecule has 0 saturated carbocycles. The predicted octanol–water partition coefficient (Wildman–Crippen LogP) is 2.00. The first-order valence-corrected chi connectivity index (χ1v) is 5.18. The zero-order chi connectivity index (χ0) is 14.4. The van der Waals surface area contributed by atoms with Crippen molar-refractivity contribution in [1.29, 1.82) is 0 Å². The number of aliphatic carboxylic acids is 1. The Kier molecular flexibility index (Phi) is 4.99. The van der Waals surface area contributed by atoms with Crippen LogP contribution in [0.1, 0.15) is 11.6 Å². The van der Waals surface area contributed by atoms with Gasteiger partial charge in [0.1, 0.15) is 6.61 Å². The Balaban J connectivity index is 2.95. The van der Waals surface area contributed by atoms with E-state index >= 15 is 0 Å². The fraction of sp³-hybridized carbons (Fsp3) is 0.167. The summed E-state index contributed by atoms with van der Waals surface area (Å²) >= 11 is 0. The molecular weight excluding hydrogens is 260 g/mol. The lowest BCUT2D eigenvalue weighted by molar-refractivity contribution is -0.139. The number of rotatable bonds is 5. The maximum atomic E-state index is 13.5. The second kappa shape index (κ2) is 6.48. The van der Waals surface area contributed by atoms with E-state index in [0.717, 1.165) is 18.2 Å². The Labute approximate surface area is 107 Å². The highest BCUT2D eigenvalue weighted by atomic mass is 19.2. The van der Waals surface area contributed by atoms with E-state index in [1.54, 1.807) is 0 Å². The van der Waals surface area contributed by atoms with Crippen LogP contribution < -0.4 is 5.32 Å². The average molecular weight is 271 g/mol. The van der Waals surface area contributed by atoms with Gasteiger partial charge in [0.15, 0.2) is 17.7 Å². The number of carboxylic acid groups (broad SMARTS) is 1. The van der Waals surface area contributed by atoms with Gasteiger partial charge in [-0.15, -0.1) is 0 Å². The van der Waals surface area contributed by atoms with Crippen LogP contribution in [-0.4, -0.2) is 23.8 Å². The van der Waals surface area contributed by atoms with Crippen molar-refractivity contribution in [1.82, 2.24) is 5.32 Å². The van der Waals surface area contributed by atoms with E-state index in [1.165, 1.54) is 6.08 Å². The molecule has 0 aliphatic carbocycles. The summed E-state index contributed by atoms with van der Waals surface area (Å²) in [5.41, 5.74) is -0.497. The second-order valence-corrected chi connectivity index (χ2v) is 3.45. The van der Waals surface area contributed by atoms with Gasteiger partial charge in [0.25, 0.3) is 0 Å². The average Bonchev–Trinajstić information content (AvgIpc) is 2.37. The van der Waals surface area contributed by atoms with Crippen LogP contribution >= 0.6 is 0 Å². The molecule has 5 nitrogen and oxygen atoms in total.